The molecular weight excluding hydrogens is 462 g/mol. The lowest BCUT2D eigenvalue weighted by Gasteiger charge is -2.27. The van der Waals surface area contributed by atoms with Crippen LogP contribution in [0.25, 0.3) is 10.2 Å². The van der Waals surface area contributed by atoms with Crippen molar-refractivity contribution in [3.63, 3.8) is 0 Å². The molecule has 1 saturated heterocycles. The van der Waals surface area contributed by atoms with Gasteiger partial charge in [0.1, 0.15) is 0 Å². The monoisotopic (exact) mass is 489 g/mol. The molecule has 0 N–H and O–H groups in total. The second-order valence-electron chi connectivity index (χ2n) is 7.94. The molecule has 0 radical (unpaired) electrons. The first-order chi connectivity index (χ1) is 15.5. The summed E-state index contributed by atoms with van der Waals surface area (Å²) >= 11 is 9.50. The number of carbonyl (C=O) groups excluding carboxylic acids is 1. The zero-order chi connectivity index (χ0) is 22.5. The van der Waals surface area contributed by atoms with Crippen LogP contribution in [0.4, 0.5) is 5.13 Å². The first-order valence-corrected chi connectivity index (χ1v) is 13.3. The van der Waals surface area contributed by atoms with Crippen LogP contribution in [-0.2, 0) is 16.0 Å². The molecule has 0 unspecified atom stereocenters. The van der Waals surface area contributed by atoms with Gasteiger partial charge in [0, 0.05) is 36.1 Å². The average Bonchev–Trinajstić information content (AvgIpc) is 3.22. The van der Waals surface area contributed by atoms with E-state index in [2.05, 4.69) is 23.3 Å². The zero-order valence-corrected chi connectivity index (χ0v) is 20.9. The second-order valence-corrected chi connectivity index (χ2v) is 10.3. The second kappa shape index (κ2) is 11.0. The molecule has 3 aromatic rings. The molecule has 0 bridgehead atoms. The predicted octanol–water partition coefficient (Wildman–Crippen LogP) is 5.28. The number of ether oxygens (including phenoxy) is 1. The van der Waals surface area contributed by atoms with Crippen molar-refractivity contribution < 1.29 is 9.53 Å². The number of aryl methyl sites for hydroxylation is 1. The normalized spacial score (nSPS) is 14.7. The quantitative estimate of drug-likeness (QED) is 0.403. The molecule has 0 saturated carbocycles. The first kappa shape index (κ1) is 23.5. The first-order valence-electron chi connectivity index (χ1n) is 10.8. The van der Waals surface area contributed by atoms with Crippen molar-refractivity contribution in [3.8, 4) is 0 Å². The van der Waals surface area contributed by atoms with E-state index in [1.54, 1.807) is 11.8 Å². The molecule has 5 nitrogen and oxygen atoms in total. The number of hydrogen-bond donors (Lipinski definition) is 0. The van der Waals surface area contributed by atoms with Gasteiger partial charge in [0.25, 0.3) is 0 Å². The lowest BCUT2D eigenvalue weighted by atomic mass is 10.1. The number of thiazole rings is 1. The third-order valence-corrected chi connectivity index (χ3v) is 7.63. The lowest BCUT2D eigenvalue weighted by molar-refractivity contribution is -0.118. The molecule has 2 heterocycles. The number of hydrogen-bond acceptors (Lipinski definition) is 6. The van der Waals surface area contributed by atoms with E-state index in [-0.39, 0.29) is 5.91 Å². The van der Waals surface area contributed by atoms with Crippen LogP contribution in [0.5, 0.6) is 0 Å². The van der Waals surface area contributed by atoms with E-state index in [0.29, 0.717) is 18.0 Å². The predicted molar refractivity (Wildman–Crippen MR) is 136 cm³/mol. The van der Waals surface area contributed by atoms with Gasteiger partial charge in [-0.3, -0.25) is 14.6 Å². The van der Waals surface area contributed by atoms with Crippen LogP contribution in [0.2, 0.25) is 5.02 Å². The van der Waals surface area contributed by atoms with Gasteiger partial charge in [-0.05, 0) is 55.0 Å². The Morgan fingerprint density at radius 1 is 1.25 bits per heavy atom. The molecule has 1 fully saturated rings. The molecule has 0 atom stereocenters. The highest BCUT2D eigenvalue weighted by atomic mass is 35.5. The van der Waals surface area contributed by atoms with Crippen molar-refractivity contribution in [1.82, 2.24) is 9.88 Å². The topological polar surface area (TPSA) is 45.7 Å². The van der Waals surface area contributed by atoms with Crippen molar-refractivity contribution in [3.05, 3.63) is 52.5 Å². The Bertz CT molecular complexity index is 1070. The van der Waals surface area contributed by atoms with Gasteiger partial charge in [-0.1, -0.05) is 35.1 Å². The van der Waals surface area contributed by atoms with Gasteiger partial charge < -0.3 is 4.74 Å². The van der Waals surface area contributed by atoms with E-state index >= 15 is 0 Å². The Kier molecular flexibility index (Phi) is 8.07. The fourth-order valence-corrected chi connectivity index (χ4v) is 5.75. The summed E-state index contributed by atoms with van der Waals surface area (Å²) in [5.74, 6) is 0.0756. The Hall–Kier alpha value is -1.64. The van der Waals surface area contributed by atoms with E-state index in [1.165, 1.54) is 16.2 Å². The van der Waals surface area contributed by atoms with Crippen LogP contribution in [0.1, 0.15) is 17.5 Å². The SMILES string of the molecule is CSc1ccc(CC(=O)N(CCCN2CCOCC2)c2nc3c(C)cc(Cl)cc3s2)cc1. The third-order valence-electron chi connectivity index (χ3n) is 5.65. The number of nitrogens with zero attached hydrogens (tertiary/aromatic N) is 3. The Labute approximate surface area is 202 Å². The number of benzene rings is 2. The van der Waals surface area contributed by atoms with E-state index in [0.717, 1.165) is 65.7 Å². The zero-order valence-electron chi connectivity index (χ0n) is 18.5. The molecule has 1 aromatic heterocycles. The molecule has 2 aromatic carbocycles. The van der Waals surface area contributed by atoms with Gasteiger partial charge in [0.2, 0.25) is 5.91 Å². The van der Waals surface area contributed by atoms with Crippen molar-refractivity contribution in [2.24, 2.45) is 0 Å². The molecule has 32 heavy (non-hydrogen) atoms. The van der Waals surface area contributed by atoms with E-state index in [4.69, 9.17) is 21.3 Å². The minimum atomic E-state index is 0.0756. The minimum absolute atomic E-state index is 0.0756. The van der Waals surface area contributed by atoms with E-state index < -0.39 is 0 Å². The molecule has 8 heteroatoms. The van der Waals surface area contributed by atoms with Crippen LogP contribution in [0.3, 0.4) is 0 Å². The number of thioether (sulfide) groups is 1. The van der Waals surface area contributed by atoms with Gasteiger partial charge >= 0.3 is 0 Å². The summed E-state index contributed by atoms with van der Waals surface area (Å²) in [6, 6.07) is 12.1. The summed E-state index contributed by atoms with van der Waals surface area (Å²) < 4.78 is 6.46. The highest BCUT2D eigenvalue weighted by Crippen LogP contribution is 2.33. The molecule has 1 aliphatic rings. The van der Waals surface area contributed by atoms with Crippen molar-refractivity contribution in [1.29, 1.82) is 0 Å². The van der Waals surface area contributed by atoms with Crippen LogP contribution in [0, 0.1) is 6.92 Å². The van der Waals surface area contributed by atoms with Gasteiger partial charge in [0.15, 0.2) is 5.13 Å². The number of fused-ring (bicyclic) bond motifs is 1. The van der Waals surface area contributed by atoms with Gasteiger partial charge in [-0.2, -0.15) is 0 Å². The number of aromatic nitrogens is 1. The van der Waals surface area contributed by atoms with Gasteiger partial charge in [-0.25, -0.2) is 4.98 Å². The van der Waals surface area contributed by atoms with Crippen LogP contribution in [-0.4, -0.2) is 61.4 Å². The minimum Gasteiger partial charge on any atom is -0.379 e. The maximum atomic E-state index is 13.4. The summed E-state index contributed by atoms with van der Waals surface area (Å²) in [6.07, 6.45) is 3.31. The summed E-state index contributed by atoms with van der Waals surface area (Å²) in [7, 11) is 0. The third kappa shape index (κ3) is 5.83. The lowest BCUT2D eigenvalue weighted by Crippen LogP contribution is -2.39. The molecule has 170 valence electrons. The number of rotatable bonds is 8. The number of amides is 1. The van der Waals surface area contributed by atoms with Crippen molar-refractivity contribution >= 4 is 56.0 Å². The molecule has 1 aliphatic heterocycles. The smallest absolute Gasteiger partial charge is 0.233 e. The molecule has 4 rings (SSSR count). The summed E-state index contributed by atoms with van der Waals surface area (Å²) in [5.41, 5.74) is 2.97. The fourth-order valence-electron chi connectivity index (χ4n) is 3.88. The molecule has 1 amide bonds. The molecular formula is C24H28ClN3O2S2. The standard InChI is InChI=1S/C24H28ClN3O2S2/c1-17-14-19(25)16-21-23(17)26-24(32-21)28(9-3-8-27-10-12-30-13-11-27)22(29)15-18-4-6-20(31-2)7-5-18/h4-7,14,16H,3,8-13,15H2,1-2H3. The van der Waals surface area contributed by atoms with E-state index in [1.807, 2.05) is 36.1 Å². The molecule has 0 aliphatic carbocycles. The summed E-state index contributed by atoms with van der Waals surface area (Å²) in [5, 5.41) is 1.45. The maximum absolute atomic E-state index is 13.4. The molecule has 0 spiro atoms. The Balaban J connectivity index is 1.53. The maximum Gasteiger partial charge on any atom is 0.233 e. The highest BCUT2D eigenvalue weighted by Gasteiger charge is 2.21. The highest BCUT2D eigenvalue weighted by molar-refractivity contribution is 7.98. The summed E-state index contributed by atoms with van der Waals surface area (Å²) in [6.45, 7) is 7.08. The van der Waals surface area contributed by atoms with Crippen molar-refractivity contribution in [2.75, 3.05) is 50.5 Å². The van der Waals surface area contributed by atoms with Crippen LogP contribution >= 0.6 is 34.7 Å². The Morgan fingerprint density at radius 2 is 2.00 bits per heavy atom. The van der Waals surface area contributed by atoms with E-state index in [9.17, 15) is 4.79 Å². The Morgan fingerprint density at radius 3 is 2.72 bits per heavy atom. The number of halogens is 1. The summed E-state index contributed by atoms with van der Waals surface area (Å²) in [4.78, 5) is 23.7. The van der Waals surface area contributed by atoms with Crippen LogP contribution in [0.15, 0.2) is 41.3 Å². The largest absolute Gasteiger partial charge is 0.379 e. The van der Waals surface area contributed by atoms with Crippen LogP contribution < -0.4 is 4.90 Å². The van der Waals surface area contributed by atoms with Gasteiger partial charge in [0.05, 0.1) is 29.9 Å². The fraction of sp³-hybridized carbons (Fsp3) is 0.417. The number of carbonyl (C=O) groups is 1. The van der Waals surface area contributed by atoms with Crippen molar-refractivity contribution in [2.45, 2.75) is 24.7 Å². The number of anilines is 1. The number of morpholine rings is 1. The van der Waals surface area contributed by atoms with Gasteiger partial charge in [-0.15, -0.1) is 11.8 Å². The average molecular weight is 490 g/mol.